The van der Waals surface area contributed by atoms with E-state index in [-0.39, 0.29) is 0 Å². The van der Waals surface area contributed by atoms with Crippen LogP contribution < -0.4 is 0 Å². The Kier molecular flexibility index (Phi) is 14.3. The van der Waals surface area contributed by atoms with Crippen molar-refractivity contribution in [3.8, 4) is 0 Å². The molecule has 2 fully saturated rings. The summed E-state index contributed by atoms with van der Waals surface area (Å²) < 4.78 is 37.2. The van der Waals surface area contributed by atoms with Crippen LogP contribution in [0.3, 0.4) is 0 Å². The highest BCUT2D eigenvalue weighted by Crippen LogP contribution is 2.37. The van der Waals surface area contributed by atoms with E-state index >= 15 is 0 Å². The molecule has 44 heavy (non-hydrogen) atoms. The number of aryl methyl sites for hydroxylation is 5. The maximum atomic E-state index is 12.4. The van der Waals surface area contributed by atoms with Crippen molar-refractivity contribution >= 4 is 0 Å². The van der Waals surface area contributed by atoms with Crippen molar-refractivity contribution in [2.45, 2.75) is 137 Å². The molecule has 3 heteroatoms. The minimum Gasteiger partial charge on any atom is -0.166 e. The first-order chi connectivity index (χ1) is 21.0. The SMILES string of the molecule is C1CC1.C1CC1.C=C(C)CC(CC)c1ccc(CCc2ccc(C)cc2)c2c1CCC2.CCc1ccc(C)cc1C(F)(F)F. The van der Waals surface area contributed by atoms with Crippen molar-refractivity contribution < 1.29 is 13.2 Å². The standard InChI is InChI=1S/C25H32.C10H11F3.2C3H6/c1-5-21(17-18(2)3)24-16-15-22(23-7-6-8-25(23)24)14-13-20-11-9-19(4)10-12-20;1-3-8-5-4-7(2)6-9(8)10(11,12)13;2*1-2-3-1/h9-12,15-16,21H,2,5-8,13-14,17H2,1,3-4H3;4-6H,3H2,1-2H3;2*1-3H2. The molecule has 0 N–H and O–H groups in total. The monoisotopic (exact) mass is 604 g/mol. The quantitative estimate of drug-likeness (QED) is 0.224. The first kappa shape index (κ1) is 35.7. The third-order valence-corrected chi connectivity index (χ3v) is 8.41. The van der Waals surface area contributed by atoms with Gasteiger partial charge in [-0.3, -0.25) is 0 Å². The molecule has 0 nitrogen and oxygen atoms in total. The van der Waals surface area contributed by atoms with Gasteiger partial charge in [0.1, 0.15) is 0 Å². The summed E-state index contributed by atoms with van der Waals surface area (Å²) in [6.07, 6.45) is 13.7. The molecule has 1 atom stereocenters. The third-order valence-electron chi connectivity index (χ3n) is 8.41. The Labute approximate surface area is 266 Å². The summed E-state index contributed by atoms with van der Waals surface area (Å²) in [6, 6.07) is 18.3. The Morgan fingerprint density at radius 2 is 1.30 bits per heavy atom. The summed E-state index contributed by atoms with van der Waals surface area (Å²) in [4.78, 5) is 0. The highest BCUT2D eigenvalue weighted by Gasteiger charge is 2.32. The lowest BCUT2D eigenvalue weighted by Crippen LogP contribution is -2.08. The summed E-state index contributed by atoms with van der Waals surface area (Å²) in [5, 5.41) is 0. The second-order valence-electron chi connectivity index (χ2n) is 13.0. The molecule has 2 saturated carbocycles. The molecule has 0 saturated heterocycles. The van der Waals surface area contributed by atoms with Gasteiger partial charge in [0.2, 0.25) is 0 Å². The first-order valence-electron chi connectivity index (χ1n) is 17.0. The Morgan fingerprint density at radius 3 is 1.82 bits per heavy atom. The van der Waals surface area contributed by atoms with Gasteiger partial charge in [0.25, 0.3) is 0 Å². The number of halogens is 3. The topological polar surface area (TPSA) is 0 Å². The molecule has 240 valence electrons. The van der Waals surface area contributed by atoms with E-state index in [0.29, 0.717) is 23.5 Å². The minimum absolute atomic E-state index is 0.359. The van der Waals surface area contributed by atoms with E-state index in [0.717, 1.165) is 12.8 Å². The number of hydrogen-bond donors (Lipinski definition) is 0. The molecule has 3 aromatic rings. The zero-order valence-electron chi connectivity index (χ0n) is 28.0. The van der Waals surface area contributed by atoms with E-state index in [1.807, 2.05) is 0 Å². The molecule has 1 unspecified atom stereocenters. The van der Waals surface area contributed by atoms with Gasteiger partial charge in [-0.05, 0) is 118 Å². The lowest BCUT2D eigenvalue weighted by Gasteiger charge is -2.21. The van der Waals surface area contributed by atoms with Crippen LogP contribution in [0, 0.1) is 13.8 Å². The lowest BCUT2D eigenvalue weighted by molar-refractivity contribution is -0.138. The van der Waals surface area contributed by atoms with Crippen molar-refractivity contribution in [2.75, 3.05) is 0 Å². The van der Waals surface area contributed by atoms with Crippen LogP contribution in [-0.4, -0.2) is 0 Å². The van der Waals surface area contributed by atoms with Gasteiger partial charge in [0.15, 0.2) is 0 Å². The van der Waals surface area contributed by atoms with Gasteiger partial charge in [-0.1, -0.05) is 118 Å². The van der Waals surface area contributed by atoms with E-state index in [1.54, 1.807) is 42.2 Å². The first-order valence-corrected chi connectivity index (χ1v) is 17.0. The van der Waals surface area contributed by atoms with Gasteiger partial charge in [0, 0.05) is 0 Å². The molecule has 0 radical (unpaired) electrons. The number of allylic oxidation sites excluding steroid dienone is 1. The Balaban J connectivity index is 0.000000228. The molecular formula is C41H55F3. The average Bonchev–Trinajstić information content (AvgIpc) is 3.92. The second-order valence-corrected chi connectivity index (χ2v) is 13.0. The number of fused-ring (bicyclic) bond motifs is 1. The fourth-order valence-corrected chi connectivity index (χ4v) is 5.62. The number of rotatable bonds is 8. The van der Waals surface area contributed by atoms with E-state index in [1.165, 1.54) is 99.5 Å². The highest BCUT2D eigenvalue weighted by atomic mass is 19.4. The molecule has 0 amide bonds. The van der Waals surface area contributed by atoms with Gasteiger partial charge in [-0.2, -0.15) is 13.2 Å². The van der Waals surface area contributed by atoms with Crippen molar-refractivity contribution in [1.82, 2.24) is 0 Å². The molecule has 0 heterocycles. The van der Waals surface area contributed by atoms with Gasteiger partial charge in [-0.25, -0.2) is 0 Å². The van der Waals surface area contributed by atoms with Gasteiger partial charge in [0.05, 0.1) is 5.56 Å². The van der Waals surface area contributed by atoms with Gasteiger partial charge < -0.3 is 0 Å². The van der Waals surface area contributed by atoms with Crippen LogP contribution in [0.25, 0.3) is 0 Å². The van der Waals surface area contributed by atoms with E-state index in [4.69, 9.17) is 0 Å². The predicted molar refractivity (Wildman–Crippen MR) is 183 cm³/mol. The second kappa shape index (κ2) is 17.6. The number of hydrogen-bond acceptors (Lipinski definition) is 0. The maximum absolute atomic E-state index is 12.4. The maximum Gasteiger partial charge on any atom is 0.416 e. The van der Waals surface area contributed by atoms with Crippen molar-refractivity contribution in [3.63, 3.8) is 0 Å². The fourth-order valence-electron chi connectivity index (χ4n) is 5.62. The normalized spacial score (nSPS) is 14.9. The molecule has 0 aromatic heterocycles. The van der Waals surface area contributed by atoms with Crippen LogP contribution in [0.5, 0.6) is 0 Å². The molecule has 3 aliphatic rings. The van der Waals surface area contributed by atoms with Crippen LogP contribution in [0.15, 0.2) is 66.7 Å². The summed E-state index contributed by atoms with van der Waals surface area (Å²) in [6.45, 7) is 14.2. The number of benzene rings is 3. The lowest BCUT2D eigenvalue weighted by atomic mass is 9.84. The summed E-state index contributed by atoms with van der Waals surface area (Å²) in [5.74, 6) is 0.649. The fraction of sp³-hybridized carbons (Fsp3) is 0.512. The van der Waals surface area contributed by atoms with Crippen molar-refractivity contribution in [1.29, 1.82) is 0 Å². The molecular weight excluding hydrogens is 549 g/mol. The van der Waals surface area contributed by atoms with Gasteiger partial charge in [-0.15, -0.1) is 6.58 Å². The molecule has 0 aliphatic heterocycles. The summed E-state index contributed by atoms with van der Waals surface area (Å²) in [7, 11) is 0. The van der Waals surface area contributed by atoms with Crippen LogP contribution in [0.2, 0.25) is 0 Å². The van der Waals surface area contributed by atoms with Crippen LogP contribution in [0.1, 0.15) is 135 Å². The molecule has 3 aromatic carbocycles. The Bertz CT molecular complexity index is 1300. The van der Waals surface area contributed by atoms with E-state index in [2.05, 4.69) is 63.7 Å². The smallest absolute Gasteiger partial charge is 0.166 e. The van der Waals surface area contributed by atoms with E-state index in [9.17, 15) is 13.2 Å². The van der Waals surface area contributed by atoms with Crippen molar-refractivity contribution in [2.24, 2.45) is 0 Å². The zero-order chi connectivity index (χ0) is 32.1. The highest BCUT2D eigenvalue weighted by molar-refractivity contribution is 5.46. The van der Waals surface area contributed by atoms with Crippen LogP contribution in [-0.2, 0) is 38.3 Å². The van der Waals surface area contributed by atoms with E-state index < -0.39 is 11.7 Å². The van der Waals surface area contributed by atoms with Crippen LogP contribution in [0.4, 0.5) is 13.2 Å². The summed E-state index contributed by atoms with van der Waals surface area (Å²) >= 11 is 0. The zero-order valence-corrected chi connectivity index (χ0v) is 28.0. The summed E-state index contributed by atoms with van der Waals surface area (Å²) in [5.41, 5.74) is 11.1. The minimum atomic E-state index is -4.22. The predicted octanol–water partition coefficient (Wildman–Crippen LogP) is 12.6. The molecule has 0 bridgehead atoms. The Morgan fingerprint density at radius 1 is 0.727 bits per heavy atom. The largest absolute Gasteiger partial charge is 0.416 e. The molecule has 3 aliphatic carbocycles. The molecule has 6 rings (SSSR count). The van der Waals surface area contributed by atoms with Crippen LogP contribution >= 0.6 is 0 Å². The Hall–Kier alpha value is -2.81. The average molecular weight is 605 g/mol. The molecule has 0 spiro atoms. The van der Waals surface area contributed by atoms with Crippen molar-refractivity contribution in [3.05, 3.63) is 117 Å². The van der Waals surface area contributed by atoms with Gasteiger partial charge >= 0.3 is 6.18 Å². The number of alkyl halides is 3. The third kappa shape index (κ3) is 12.3.